The number of unbranched alkanes of at least 4 members (excludes halogenated alkanes) is 4. The molecule has 3 fully saturated rings. The van der Waals surface area contributed by atoms with Gasteiger partial charge in [-0.25, -0.2) is 8.78 Å². The van der Waals surface area contributed by atoms with Crippen molar-refractivity contribution in [1.29, 1.82) is 0 Å². The lowest BCUT2D eigenvalue weighted by Gasteiger charge is -2.39. The zero-order valence-electron chi connectivity index (χ0n) is 34.6. The van der Waals surface area contributed by atoms with E-state index < -0.39 is 44.0 Å². The summed E-state index contributed by atoms with van der Waals surface area (Å²) in [5.41, 5.74) is 2.91. The maximum Gasteiger partial charge on any atom is 0.300 e. The Morgan fingerprint density at radius 1 is 0.607 bits per heavy atom. The molecule has 0 amide bonds. The molecule has 56 heavy (non-hydrogen) atoms. The third kappa shape index (κ3) is 11.3. The molecule has 2 aromatic rings. The maximum atomic E-state index is 15.7. The van der Waals surface area contributed by atoms with E-state index in [1.807, 2.05) is 0 Å². The van der Waals surface area contributed by atoms with Gasteiger partial charge in [-0.15, -0.1) is 0 Å². The Hall–Kier alpha value is -2.17. The molecule has 0 saturated heterocycles. The molecule has 0 spiro atoms. The summed E-state index contributed by atoms with van der Waals surface area (Å²) >= 11 is 0. The van der Waals surface area contributed by atoms with E-state index in [0.29, 0.717) is 11.8 Å². The van der Waals surface area contributed by atoms with Crippen molar-refractivity contribution in [3.05, 3.63) is 52.1 Å². The van der Waals surface area contributed by atoms with E-state index in [1.54, 1.807) is 0 Å². The van der Waals surface area contributed by atoms with Gasteiger partial charge in [0.1, 0.15) is 5.75 Å². The zero-order valence-corrected chi connectivity index (χ0v) is 35.4. The second kappa shape index (κ2) is 21.2. The molecule has 2 atom stereocenters. The Morgan fingerprint density at radius 3 is 1.61 bits per heavy atom. The molecule has 316 valence electrons. The van der Waals surface area contributed by atoms with E-state index in [1.165, 1.54) is 87.6 Å². The van der Waals surface area contributed by atoms with Crippen LogP contribution in [0.15, 0.2) is 17.0 Å². The highest BCUT2D eigenvalue weighted by Gasteiger charge is 2.36. The van der Waals surface area contributed by atoms with E-state index in [2.05, 4.69) is 32.9 Å². The zero-order chi connectivity index (χ0) is 40.3. The summed E-state index contributed by atoms with van der Waals surface area (Å²) in [6, 6.07) is 4.31. The van der Waals surface area contributed by atoms with Crippen LogP contribution in [0, 0.1) is 29.2 Å². The molecular weight excluding hydrogens is 739 g/mol. The van der Waals surface area contributed by atoms with Crippen molar-refractivity contribution < 1.29 is 39.8 Å². The second-order valence-electron chi connectivity index (χ2n) is 17.7. The first-order valence-corrected chi connectivity index (χ1v) is 23.9. The minimum atomic E-state index is -5.59. The fourth-order valence-corrected chi connectivity index (χ4v) is 11.0. The number of quaternary nitrogens is 1. The molecule has 0 aliphatic heterocycles. The Kier molecular flexibility index (Phi) is 17.0. The molecule has 1 N–H and O–H groups in total. The molecule has 10 heteroatoms. The first-order chi connectivity index (χ1) is 26.9. The van der Waals surface area contributed by atoms with Crippen LogP contribution in [0.5, 0.6) is 11.5 Å². The lowest BCUT2D eigenvalue weighted by Crippen LogP contribution is -2.50. The van der Waals surface area contributed by atoms with Crippen molar-refractivity contribution in [2.24, 2.45) is 5.92 Å². The first-order valence-electron chi connectivity index (χ1n) is 22.5. The lowest BCUT2D eigenvalue weighted by molar-refractivity contribution is -0.929. The average molecular weight is 809 g/mol. The van der Waals surface area contributed by atoms with Crippen molar-refractivity contribution >= 4 is 10.1 Å². The van der Waals surface area contributed by atoms with Crippen LogP contribution in [0.25, 0.3) is 0 Å². The predicted octanol–water partition coefficient (Wildman–Crippen LogP) is 14.0. The number of benzene rings is 2. The Labute approximate surface area is 335 Å². The van der Waals surface area contributed by atoms with E-state index in [4.69, 9.17) is 4.74 Å². The van der Waals surface area contributed by atoms with Crippen LogP contribution >= 0.6 is 0 Å². The number of rotatable bonds is 20. The Morgan fingerprint density at radius 2 is 1.09 bits per heavy atom. The highest BCUT2D eigenvalue weighted by molar-refractivity contribution is 7.85. The molecule has 0 radical (unpaired) electrons. The largest absolute Gasteiger partial charge is 0.450 e. The second-order valence-corrected chi connectivity index (χ2v) is 19.1. The first kappa shape index (κ1) is 44.9. The summed E-state index contributed by atoms with van der Waals surface area (Å²) in [5.74, 6) is -8.42. The molecule has 3 aliphatic carbocycles. The highest BCUT2D eigenvalue weighted by Crippen LogP contribution is 2.50. The van der Waals surface area contributed by atoms with Crippen molar-refractivity contribution in [2.45, 2.75) is 191 Å². The SMILES string of the molecule is CCCC[N+](CCCC)(CCCC)CCCCC1CCCC(c2cc(C3CCCCC3)cc(C3CCCCC3)c2Oc2c(F)c(F)c(S(=O)(=O)O)c(F)c2F)C1. The fraction of sp³-hybridized carbons (Fsp3) is 0.739. The van der Waals surface area contributed by atoms with Crippen LogP contribution in [-0.2, 0) is 10.1 Å². The maximum absolute atomic E-state index is 15.7. The molecule has 0 bridgehead atoms. The van der Waals surface area contributed by atoms with E-state index in [-0.39, 0.29) is 17.6 Å². The highest BCUT2D eigenvalue weighted by atomic mass is 32.2. The lowest BCUT2D eigenvalue weighted by atomic mass is 9.72. The van der Waals surface area contributed by atoms with E-state index in [0.717, 1.165) is 107 Å². The van der Waals surface area contributed by atoms with Crippen LogP contribution in [0.2, 0.25) is 0 Å². The number of nitrogens with zero attached hydrogens (tertiary/aromatic N) is 1. The third-order valence-corrected chi connectivity index (χ3v) is 14.5. The molecule has 0 heterocycles. The van der Waals surface area contributed by atoms with Crippen molar-refractivity contribution in [2.75, 3.05) is 26.2 Å². The number of halogens is 4. The topological polar surface area (TPSA) is 63.6 Å². The minimum absolute atomic E-state index is 0.0427. The normalized spacial score (nSPS) is 20.4. The van der Waals surface area contributed by atoms with Crippen LogP contribution < -0.4 is 4.74 Å². The summed E-state index contributed by atoms with van der Waals surface area (Å²) in [7, 11) is -5.59. The van der Waals surface area contributed by atoms with Gasteiger partial charge in [0.15, 0.2) is 16.5 Å². The number of ether oxygens (including phenoxy) is 1. The molecule has 5 rings (SSSR count). The van der Waals surface area contributed by atoms with Crippen molar-refractivity contribution in [3.63, 3.8) is 0 Å². The summed E-state index contributed by atoms with van der Waals surface area (Å²) in [5, 5.41) is 0. The molecule has 5 nitrogen and oxygen atoms in total. The van der Waals surface area contributed by atoms with Crippen LogP contribution in [0.1, 0.15) is 203 Å². The molecule has 2 aromatic carbocycles. The average Bonchev–Trinajstić information content (AvgIpc) is 3.21. The van der Waals surface area contributed by atoms with Gasteiger partial charge in [-0.05, 0) is 111 Å². The van der Waals surface area contributed by atoms with E-state index >= 15 is 17.6 Å². The van der Waals surface area contributed by atoms with Crippen LogP contribution in [0.3, 0.4) is 0 Å². The molecule has 2 unspecified atom stereocenters. The van der Waals surface area contributed by atoms with Gasteiger partial charge < -0.3 is 9.22 Å². The van der Waals surface area contributed by atoms with Gasteiger partial charge in [0.05, 0.1) is 26.2 Å². The summed E-state index contributed by atoms with van der Waals surface area (Å²) < 4.78 is 102. The van der Waals surface area contributed by atoms with Gasteiger partial charge in [-0.2, -0.15) is 17.2 Å². The monoisotopic (exact) mass is 808 g/mol. The summed E-state index contributed by atoms with van der Waals surface area (Å²) in [4.78, 5) is -2.05. The minimum Gasteiger partial charge on any atom is -0.450 e. The quantitative estimate of drug-likeness (QED) is 0.0476. The van der Waals surface area contributed by atoms with Gasteiger partial charge in [0.25, 0.3) is 0 Å². The third-order valence-electron chi connectivity index (χ3n) is 13.6. The van der Waals surface area contributed by atoms with E-state index in [9.17, 15) is 13.0 Å². The van der Waals surface area contributed by atoms with Crippen LogP contribution in [0.4, 0.5) is 17.6 Å². The standard InChI is InChI=1S/C46H69F4NO4S/c1-4-7-26-51(27-8-5-2,28-9-6-3)29-17-16-19-33-20-18-25-36(30-33)39-32-37(34-21-12-10-13-22-34)31-38(35-23-14-11-15-24-35)44(39)55-45-40(47)42(49)46(56(52,53)54)43(50)41(45)48/h31-36H,4-30H2,1-3H3/p+1. The van der Waals surface area contributed by atoms with Gasteiger partial charge in [-0.3, -0.25) is 4.55 Å². The Bertz CT molecular complexity index is 1620. The molecule has 3 aliphatic rings. The Balaban J connectivity index is 1.48. The van der Waals surface area contributed by atoms with Crippen molar-refractivity contribution in [1.82, 2.24) is 0 Å². The number of hydrogen-bond acceptors (Lipinski definition) is 3. The van der Waals surface area contributed by atoms with Gasteiger partial charge in [0, 0.05) is 0 Å². The molecule has 3 saturated carbocycles. The van der Waals surface area contributed by atoms with Gasteiger partial charge >= 0.3 is 10.1 Å². The summed E-state index contributed by atoms with van der Waals surface area (Å²) in [6.45, 7) is 11.9. The fourth-order valence-electron chi connectivity index (χ4n) is 10.4. The summed E-state index contributed by atoms with van der Waals surface area (Å²) in [6.07, 6.45) is 25.4. The van der Waals surface area contributed by atoms with Gasteiger partial charge in [-0.1, -0.05) is 110 Å². The van der Waals surface area contributed by atoms with Crippen molar-refractivity contribution in [3.8, 4) is 11.5 Å². The molecular formula is C46H70F4NO4S+. The molecule has 0 aromatic heterocycles. The smallest absolute Gasteiger partial charge is 0.300 e. The van der Waals surface area contributed by atoms with Gasteiger partial charge in [0.2, 0.25) is 17.4 Å². The van der Waals surface area contributed by atoms with Crippen LogP contribution in [-0.4, -0.2) is 43.6 Å². The number of hydrogen-bond donors (Lipinski definition) is 1. The predicted molar refractivity (Wildman–Crippen MR) is 217 cm³/mol.